The fraction of sp³-hybridized carbons (Fsp3) is 0.500. The number of carbonyl (C=O) groups excluding carboxylic acids is 1. The van der Waals surface area contributed by atoms with Crippen molar-refractivity contribution in [1.29, 1.82) is 0 Å². The number of nitrogens with one attached hydrogen (secondary N) is 1. The number of halogens is 1. The van der Waals surface area contributed by atoms with E-state index in [0.29, 0.717) is 11.3 Å². The van der Waals surface area contributed by atoms with Crippen molar-refractivity contribution in [2.24, 2.45) is 5.41 Å². The van der Waals surface area contributed by atoms with Crippen LogP contribution in [0.2, 0.25) is 0 Å². The van der Waals surface area contributed by atoms with Gasteiger partial charge in [0.25, 0.3) is 0 Å². The van der Waals surface area contributed by atoms with E-state index in [-0.39, 0.29) is 17.3 Å². The van der Waals surface area contributed by atoms with Crippen molar-refractivity contribution in [2.75, 3.05) is 12.4 Å². The fourth-order valence-electron chi connectivity index (χ4n) is 1.96. The highest BCUT2D eigenvalue weighted by molar-refractivity contribution is 5.95. The molecule has 0 aliphatic heterocycles. The van der Waals surface area contributed by atoms with Crippen molar-refractivity contribution in [3.8, 4) is 0 Å². The Labute approximate surface area is 106 Å². The van der Waals surface area contributed by atoms with Crippen molar-refractivity contribution >= 4 is 11.7 Å². The van der Waals surface area contributed by atoms with E-state index in [2.05, 4.69) is 19.2 Å². The number of rotatable bonds is 4. The van der Waals surface area contributed by atoms with Crippen LogP contribution < -0.4 is 5.32 Å². The summed E-state index contributed by atoms with van der Waals surface area (Å²) in [6, 6.07) is 4.25. The minimum atomic E-state index is -0.453. The number of ether oxygens (including phenoxy) is 1. The lowest BCUT2D eigenvalue weighted by Crippen LogP contribution is -2.26. The van der Waals surface area contributed by atoms with Gasteiger partial charge >= 0.3 is 5.97 Å². The molecule has 1 aliphatic carbocycles. The average molecular weight is 251 g/mol. The first-order valence-corrected chi connectivity index (χ1v) is 6.11. The first-order chi connectivity index (χ1) is 8.46. The second-order valence-electron chi connectivity index (χ2n) is 5.20. The van der Waals surface area contributed by atoms with E-state index in [9.17, 15) is 9.18 Å². The van der Waals surface area contributed by atoms with Crippen LogP contribution in [0.1, 0.15) is 37.0 Å². The van der Waals surface area contributed by atoms with Gasteiger partial charge in [-0.2, -0.15) is 0 Å². The minimum Gasteiger partial charge on any atom is -0.465 e. The third kappa shape index (κ3) is 2.47. The van der Waals surface area contributed by atoms with Gasteiger partial charge in [0.05, 0.1) is 18.4 Å². The van der Waals surface area contributed by atoms with Crippen LogP contribution in [-0.4, -0.2) is 19.1 Å². The molecule has 1 atom stereocenters. The number of hydrogen-bond donors (Lipinski definition) is 1. The van der Waals surface area contributed by atoms with Crippen LogP contribution in [-0.2, 0) is 4.74 Å². The van der Waals surface area contributed by atoms with E-state index in [1.165, 1.54) is 25.3 Å². The second kappa shape index (κ2) is 4.59. The van der Waals surface area contributed by atoms with Crippen LogP contribution in [0.4, 0.5) is 10.1 Å². The van der Waals surface area contributed by atoms with Crippen LogP contribution in [0.15, 0.2) is 18.2 Å². The molecule has 1 N–H and O–H groups in total. The molecule has 0 spiro atoms. The third-order valence-corrected chi connectivity index (χ3v) is 3.84. The fourth-order valence-corrected chi connectivity index (χ4v) is 1.96. The lowest BCUT2D eigenvalue weighted by Gasteiger charge is -2.22. The predicted molar refractivity (Wildman–Crippen MR) is 68.2 cm³/mol. The zero-order valence-corrected chi connectivity index (χ0v) is 10.9. The van der Waals surface area contributed by atoms with Gasteiger partial charge in [-0.3, -0.25) is 0 Å². The van der Waals surface area contributed by atoms with Crippen molar-refractivity contribution in [3.63, 3.8) is 0 Å². The summed E-state index contributed by atoms with van der Waals surface area (Å²) in [5.41, 5.74) is 1.12. The first kappa shape index (κ1) is 12.9. The summed E-state index contributed by atoms with van der Waals surface area (Å²) in [6.45, 7) is 4.24. The molecule has 0 saturated heterocycles. The monoisotopic (exact) mass is 251 g/mol. The standard InChI is InChI=1S/C14H18FNO2/c1-9(14(2)6-7-14)16-12-8-10(15)4-5-11(12)13(17)18-3/h4-5,8-9,16H,6-7H2,1-3H3. The van der Waals surface area contributed by atoms with E-state index < -0.39 is 5.97 Å². The Bertz CT molecular complexity index is 469. The average Bonchev–Trinajstić information content (AvgIpc) is 3.08. The quantitative estimate of drug-likeness (QED) is 0.835. The largest absolute Gasteiger partial charge is 0.465 e. The highest BCUT2D eigenvalue weighted by Gasteiger charge is 2.42. The molecule has 98 valence electrons. The highest BCUT2D eigenvalue weighted by atomic mass is 19.1. The van der Waals surface area contributed by atoms with E-state index in [1.807, 2.05) is 0 Å². The number of hydrogen-bond acceptors (Lipinski definition) is 3. The molecule has 18 heavy (non-hydrogen) atoms. The Balaban J connectivity index is 2.24. The molecule has 1 aliphatic rings. The molecule has 0 amide bonds. The summed E-state index contributed by atoms with van der Waals surface area (Å²) in [6.07, 6.45) is 2.31. The van der Waals surface area contributed by atoms with Gasteiger partial charge in [-0.05, 0) is 43.4 Å². The second-order valence-corrected chi connectivity index (χ2v) is 5.20. The Kier molecular flexibility index (Phi) is 3.28. The van der Waals surface area contributed by atoms with E-state index in [4.69, 9.17) is 4.74 Å². The molecule has 1 saturated carbocycles. The Morgan fingerprint density at radius 1 is 1.50 bits per heavy atom. The summed E-state index contributed by atoms with van der Waals surface area (Å²) < 4.78 is 18.0. The van der Waals surface area contributed by atoms with Crippen molar-refractivity contribution in [1.82, 2.24) is 0 Å². The van der Waals surface area contributed by atoms with Crippen LogP contribution in [0, 0.1) is 11.2 Å². The number of methoxy groups -OCH3 is 1. The van der Waals surface area contributed by atoms with Crippen molar-refractivity contribution < 1.29 is 13.9 Å². The summed E-state index contributed by atoms with van der Waals surface area (Å²) in [5.74, 6) is -0.816. The van der Waals surface area contributed by atoms with Gasteiger partial charge in [0.1, 0.15) is 5.82 Å². The smallest absolute Gasteiger partial charge is 0.339 e. The van der Waals surface area contributed by atoms with E-state index in [1.54, 1.807) is 0 Å². The van der Waals surface area contributed by atoms with Gasteiger partial charge in [0.2, 0.25) is 0 Å². The maximum absolute atomic E-state index is 13.3. The summed E-state index contributed by atoms with van der Waals surface area (Å²) in [7, 11) is 1.32. The normalized spacial score (nSPS) is 18.0. The van der Waals surface area contributed by atoms with Gasteiger partial charge in [-0.1, -0.05) is 6.92 Å². The maximum atomic E-state index is 13.3. The Hall–Kier alpha value is -1.58. The number of anilines is 1. The Morgan fingerprint density at radius 2 is 2.17 bits per heavy atom. The van der Waals surface area contributed by atoms with Gasteiger partial charge in [-0.25, -0.2) is 9.18 Å². The number of esters is 1. The number of carbonyl (C=O) groups is 1. The molecule has 4 heteroatoms. The molecule has 0 bridgehead atoms. The van der Waals surface area contributed by atoms with Crippen molar-refractivity contribution in [2.45, 2.75) is 32.7 Å². The van der Waals surface area contributed by atoms with Crippen LogP contribution in [0.25, 0.3) is 0 Å². The van der Waals surface area contributed by atoms with Crippen LogP contribution >= 0.6 is 0 Å². The molecular formula is C14H18FNO2. The number of benzene rings is 1. The van der Waals surface area contributed by atoms with Gasteiger partial charge in [0.15, 0.2) is 0 Å². The molecule has 1 aromatic rings. The SMILES string of the molecule is COC(=O)c1ccc(F)cc1NC(C)C1(C)CC1. The van der Waals surface area contributed by atoms with Crippen LogP contribution in [0.3, 0.4) is 0 Å². The van der Waals surface area contributed by atoms with Gasteiger partial charge in [-0.15, -0.1) is 0 Å². The molecular weight excluding hydrogens is 233 g/mol. The van der Waals surface area contributed by atoms with Gasteiger partial charge in [0, 0.05) is 6.04 Å². The zero-order valence-electron chi connectivity index (χ0n) is 10.9. The highest BCUT2D eigenvalue weighted by Crippen LogP contribution is 2.49. The molecule has 0 aromatic heterocycles. The molecule has 2 rings (SSSR count). The Morgan fingerprint density at radius 3 is 2.72 bits per heavy atom. The minimum absolute atomic E-state index is 0.197. The van der Waals surface area contributed by atoms with E-state index in [0.717, 1.165) is 12.8 Å². The zero-order chi connectivity index (χ0) is 13.3. The summed E-state index contributed by atoms with van der Waals surface area (Å²) in [4.78, 5) is 11.6. The lowest BCUT2D eigenvalue weighted by atomic mass is 10.00. The summed E-state index contributed by atoms with van der Waals surface area (Å²) in [5, 5.41) is 3.23. The van der Waals surface area contributed by atoms with Gasteiger partial charge < -0.3 is 10.1 Å². The summed E-state index contributed by atoms with van der Waals surface area (Å²) >= 11 is 0. The molecule has 0 heterocycles. The van der Waals surface area contributed by atoms with Crippen molar-refractivity contribution in [3.05, 3.63) is 29.6 Å². The van der Waals surface area contributed by atoms with E-state index >= 15 is 0 Å². The first-order valence-electron chi connectivity index (χ1n) is 6.11. The molecule has 0 radical (unpaired) electrons. The lowest BCUT2D eigenvalue weighted by molar-refractivity contribution is 0.0601. The molecule has 1 unspecified atom stereocenters. The predicted octanol–water partition coefficient (Wildman–Crippen LogP) is 3.21. The molecule has 1 aromatic carbocycles. The molecule has 3 nitrogen and oxygen atoms in total. The molecule has 1 fully saturated rings. The van der Waals surface area contributed by atoms with Crippen LogP contribution in [0.5, 0.6) is 0 Å². The third-order valence-electron chi connectivity index (χ3n) is 3.84. The topological polar surface area (TPSA) is 38.3 Å². The maximum Gasteiger partial charge on any atom is 0.339 e.